The molecule has 1 heterocycles. The highest BCUT2D eigenvalue weighted by atomic mass is 32.1. The predicted molar refractivity (Wildman–Crippen MR) is 147 cm³/mol. The van der Waals surface area contributed by atoms with Gasteiger partial charge in [0.25, 0.3) is 11.4 Å². The molecular formula is C32H10F2N4S. The zero-order valence-electron chi connectivity index (χ0n) is 19.7. The second-order valence-electron chi connectivity index (χ2n) is 9.06. The molecule has 1 aromatic heterocycles. The molecule has 0 N–H and O–H groups in total. The fraction of sp³-hybridized carbons (Fsp3) is 0. The van der Waals surface area contributed by atoms with Crippen LogP contribution in [0.15, 0.2) is 72.1 Å². The van der Waals surface area contributed by atoms with Crippen molar-refractivity contribution in [2.75, 3.05) is 0 Å². The minimum atomic E-state index is -0.468. The number of halogens is 2. The first-order valence-electron chi connectivity index (χ1n) is 11.7. The largest absolute Gasteiger partial charge is 0.271 e. The van der Waals surface area contributed by atoms with Gasteiger partial charge in [0.15, 0.2) is 0 Å². The van der Waals surface area contributed by atoms with E-state index in [2.05, 4.69) is 9.69 Å². The lowest BCUT2D eigenvalue weighted by Gasteiger charge is -2.12. The molecule has 178 valence electrons. The Bertz CT molecular complexity index is 2050. The summed E-state index contributed by atoms with van der Waals surface area (Å²) < 4.78 is 30.7. The molecule has 0 spiro atoms. The summed E-state index contributed by atoms with van der Waals surface area (Å²) in [6, 6.07) is 20.7. The maximum absolute atomic E-state index is 15.3. The average Bonchev–Trinajstić information content (AvgIpc) is 3.57. The molecule has 39 heavy (non-hydrogen) atoms. The van der Waals surface area contributed by atoms with Crippen LogP contribution < -0.4 is 0 Å². The van der Waals surface area contributed by atoms with Crippen molar-refractivity contribution < 1.29 is 8.78 Å². The SMILES string of the molecule is [C-]#[N+]/C(C#N)=C1/c2cc(F)c3ccccc3c2-c2c1sc1c2-c2c(cc(F)c3ccccc23)/C1=C(/C#N)[N+]#[C-]. The molecule has 0 amide bonds. The number of allylic oxidation sites excluding steroid dienone is 2. The van der Waals surface area contributed by atoms with E-state index < -0.39 is 11.6 Å². The third-order valence-corrected chi connectivity index (χ3v) is 8.52. The molecule has 0 unspecified atom stereocenters. The van der Waals surface area contributed by atoms with Crippen LogP contribution in [0.25, 0.3) is 64.6 Å². The third-order valence-electron chi connectivity index (χ3n) is 7.30. The van der Waals surface area contributed by atoms with Gasteiger partial charge >= 0.3 is 0 Å². The summed E-state index contributed by atoms with van der Waals surface area (Å²) >= 11 is 1.24. The summed E-state index contributed by atoms with van der Waals surface area (Å²) in [5.74, 6) is -0.937. The van der Waals surface area contributed by atoms with Gasteiger partial charge in [-0.25, -0.2) is 29.0 Å². The highest BCUT2D eigenvalue weighted by Gasteiger charge is 2.41. The minimum absolute atomic E-state index is 0.176. The lowest BCUT2D eigenvalue weighted by Crippen LogP contribution is -1.90. The molecule has 0 saturated heterocycles. The van der Waals surface area contributed by atoms with Crippen LogP contribution in [0, 0.1) is 47.4 Å². The number of nitrogens with zero attached hydrogens (tertiary/aromatic N) is 4. The van der Waals surface area contributed by atoms with Gasteiger partial charge in [0.2, 0.25) is 0 Å². The fourth-order valence-corrected chi connectivity index (χ4v) is 7.28. The third kappa shape index (κ3) is 2.75. The van der Waals surface area contributed by atoms with Gasteiger partial charge in [0, 0.05) is 42.8 Å². The second-order valence-corrected chi connectivity index (χ2v) is 10.1. The molecule has 5 aromatic rings. The molecule has 4 aromatic carbocycles. The van der Waals surface area contributed by atoms with Crippen molar-refractivity contribution in [1.82, 2.24) is 0 Å². The number of thiophene rings is 1. The van der Waals surface area contributed by atoms with Crippen LogP contribution in [0.5, 0.6) is 0 Å². The zero-order chi connectivity index (χ0) is 27.0. The van der Waals surface area contributed by atoms with Gasteiger partial charge < -0.3 is 0 Å². The molecule has 4 nitrogen and oxygen atoms in total. The second kappa shape index (κ2) is 7.95. The fourth-order valence-electron chi connectivity index (χ4n) is 5.84. The predicted octanol–water partition coefficient (Wildman–Crippen LogP) is 8.70. The smallest absolute Gasteiger partial charge is 0.226 e. The van der Waals surface area contributed by atoms with Crippen LogP contribution in [0.4, 0.5) is 8.78 Å². The lowest BCUT2D eigenvalue weighted by atomic mass is 9.91. The van der Waals surface area contributed by atoms with E-state index in [4.69, 9.17) is 13.1 Å². The maximum atomic E-state index is 15.3. The van der Waals surface area contributed by atoms with Crippen LogP contribution >= 0.6 is 11.3 Å². The van der Waals surface area contributed by atoms with E-state index >= 15 is 8.78 Å². The van der Waals surface area contributed by atoms with Crippen LogP contribution in [0.3, 0.4) is 0 Å². The van der Waals surface area contributed by atoms with Crippen molar-refractivity contribution in [3.8, 4) is 34.4 Å². The van der Waals surface area contributed by atoms with Gasteiger partial charge in [-0.3, -0.25) is 0 Å². The van der Waals surface area contributed by atoms with Gasteiger partial charge in [-0.2, -0.15) is 0 Å². The first-order chi connectivity index (χ1) is 19.0. The standard InChI is InChI=1S/C32H10F2N4S/c1-37-23(13-35)27-19-11-21(33)15-7-3-5-9-17(15)25(19)29-30-26-18-10-6-4-8-16(18)22(34)12-20(26)28(24(14-36)38-2)32(30)39-31(27)29/h3-12H/b27-23-,28-24+. The molecule has 0 atom stereocenters. The summed E-state index contributed by atoms with van der Waals surface area (Å²) in [5, 5.41) is 21.7. The molecule has 0 aliphatic heterocycles. The first kappa shape index (κ1) is 22.6. The quantitative estimate of drug-likeness (QED) is 0.148. The van der Waals surface area contributed by atoms with Crippen LogP contribution in [0.1, 0.15) is 20.9 Å². The summed E-state index contributed by atoms with van der Waals surface area (Å²) in [6.07, 6.45) is 0. The van der Waals surface area contributed by atoms with E-state index in [0.717, 1.165) is 0 Å². The lowest BCUT2D eigenvalue weighted by molar-refractivity contribution is 0.639. The number of benzene rings is 4. The molecule has 0 bridgehead atoms. The van der Waals surface area contributed by atoms with E-state index in [-0.39, 0.29) is 11.4 Å². The zero-order valence-corrected chi connectivity index (χ0v) is 20.5. The average molecular weight is 521 g/mol. The Morgan fingerprint density at radius 1 is 0.641 bits per heavy atom. The van der Waals surface area contributed by atoms with E-state index in [1.54, 1.807) is 48.5 Å². The molecule has 7 rings (SSSR count). The molecule has 2 aliphatic carbocycles. The summed E-state index contributed by atoms with van der Waals surface area (Å²) in [7, 11) is 0. The van der Waals surface area contributed by atoms with Crippen molar-refractivity contribution in [3.05, 3.63) is 127 Å². The Balaban J connectivity index is 1.77. The molecular weight excluding hydrogens is 510 g/mol. The Hall–Kier alpha value is -5.60. The number of rotatable bonds is 0. The Labute approximate surface area is 224 Å². The number of hydrogen-bond acceptors (Lipinski definition) is 3. The highest BCUT2D eigenvalue weighted by Crippen LogP contribution is 2.63. The van der Waals surface area contributed by atoms with Crippen molar-refractivity contribution in [2.45, 2.75) is 0 Å². The normalized spacial score (nSPS) is 14.9. The highest BCUT2D eigenvalue weighted by molar-refractivity contribution is 7.16. The summed E-state index contributed by atoms with van der Waals surface area (Å²) in [4.78, 5) is 8.11. The molecule has 2 aliphatic rings. The van der Waals surface area contributed by atoms with Crippen molar-refractivity contribution >= 4 is 44.0 Å². The topological polar surface area (TPSA) is 56.3 Å². The van der Waals surface area contributed by atoms with Crippen LogP contribution in [0.2, 0.25) is 0 Å². The number of nitriles is 2. The number of fused-ring (bicyclic) bond motifs is 11. The molecule has 0 radical (unpaired) electrons. The van der Waals surface area contributed by atoms with Crippen molar-refractivity contribution in [1.29, 1.82) is 10.5 Å². The Kier molecular flexibility index (Phi) is 4.60. The van der Waals surface area contributed by atoms with E-state index in [1.165, 1.54) is 23.5 Å². The molecule has 0 saturated carbocycles. The van der Waals surface area contributed by atoms with Gasteiger partial charge in [-0.15, -0.1) is 11.3 Å². The van der Waals surface area contributed by atoms with Gasteiger partial charge in [0.05, 0.1) is 25.3 Å². The summed E-state index contributed by atoms with van der Waals surface area (Å²) in [6.45, 7) is 15.4. The van der Waals surface area contributed by atoms with E-state index in [1.807, 2.05) is 12.1 Å². The van der Waals surface area contributed by atoms with Gasteiger partial charge in [0.1, 0.15) is 11.6 Å². The monoisotopic (exact) mass is 520 g/mol. The van der Waals surface area contributed by atoms with Crippen molar-refractivity contribution in [3.63, 3.8) is 0 Å². The first-order valence-corrected chi connectivity index (χ1v) is 12.5. The van der Waals surface area contributed by atoms with Crippen molar-refractivity contribution in [2.24, 2.45) is 0 Å². The molecule has 0 fully saturated rings. The summed E-state index contributed by atoms with van der Waals surface area (Å²) in [5.41, 5.74) is 3.93. The van der Waals surface area contributed by atoms with Gasteiger partial charge in [-0.1, -0.05) is 48.5 Å². The number of hydrogen-bond donors (Lipinski definition) is 0. The van der Waals surface area contributed by atoms with Gasteiger partial charge in [-0.05, 0) is 45.2 Å². The van der Waals surface area contributed by atoms with E-state index in [9.17, 15) is 10.5 Å². The van der Waals surface area contributed by atoms with Crippen LogP contribution in [-0.4, -0.2) is 0 Å². The Morgan fingerprint density at radius 3 is 1.38 bits per heavy atom. The molecule has 7 heteroatoms. The van der Waals surface area contributed by atoms with Crippen LogP contribution in [-0.2, 0) is 0 Å². The minimum Gasteiger partial charge on any atom is -0.226 e. The van der Waals surface area contributed by atoms with E-state index in [0.29, 0.717) is 75.8 Å². The Morgan fingerprint density at radius 2 is 1.03 bits per heavy atom. The maximum Gasteiger partial charge on any atom is 0.271 e.